The number of halogens is 3. The monoisotopic (exact) mass is 280 g/mol. The molecule has 1 fully saturated rings. The number of nitrogens with one attached hydrogen (secondary N) is 1. The first-order valence-corrected chi connectivity index (χ1v) is 6.53. The van der Waals surface area contributed by atoms with Gasteiger partial charge in [-0.1, -0.05) is 19.8 Å². The molecule has 1 rings (SSSR count). The Morgan fingerprint density at radius 1 is 1.32 bits per heavy atom. The van der Waals surface area contributed by atoms with E-state index in [0.717, 1.165) is 19.3 Å². The van der Waals surface area contributed by atoms with Gasteiger partial charge in [-0.15, -0.1) is 0 Å². The van der Waals surface area contributed by atoms with Crippen LogP contribution in [-0.2, 0) is 9.59 Å². The Kier molecular flexibility index (Phi) is 5.62. The van der Waals surface area contributed by atoms with Crippen molar-refractivity contribution in [3.8, 4) is 0 Å². The number of unbranched alkanes of at least 4 members (excludes halogenated alkanes) is 2. The third-order valence-corrected chi connectivity index (χ3v) is 3.14. The van der Waals surface area contributed by atoms with Crippen LogP contribution in [-0.4, -0.2) is 42.0 Å². The summed E-state index contributed by atoms with van der Waals surface area (Å²) in [6, 6.07) is -0.976. The first-order valence-electron chi connectivity index (χ1n) is 6.53. The molecule has 4 nitrogen and oxygen atoms in total. The molecular weight excluding hydrogens is 261 g/mol. The minimum absolute atomic E-state index is 0.00854. The van der Waals surface area contributed by atoms with E-state index in [1.54, 1.807) is 0 Å². The van der Waals surface area contributed by atoms with Crippen LogP contribution in [0.3, 0.4) is 0 Å². The van der Waals surface area contributed by atoms with Gasteiger partial charge in [-0.3, -0.25) is 9.59 Å². The largest absolute Gasteiger partial charge is 0.471 e. The minimum Gasteiger partial charge on any atom is -0.354 e. The van der Waals surface area contributed by atoms with Gasteiger partial charge in [0.05, 0.1) is 0 Å². The fraction of sp³-hybridized carbons (Fsp3) is 0.833. The average Bonchev–Trinajstić information content (AvgIpc) is 2.81. The number of nitrogens with zero attached hydrogens (tertiary/aromatic N) is 1. The Bertz CT molecular complexity index is 331. The van der Waals surface area contributed by atoms with Crippen molar-refractivity contribution in [2.45, 2.75) is 51.2 Å². The van der Waals surface area contributed by atoms with Crippen LogP contribution in [0.2, 0.25) is 0 Å². The number of amides is 2. The van der Waals surface area contributed by atoms with Crippen molar-refractivity contribution in [2.75, 3.05) is 13.1 Å². The molecule has 0 aliphatic carbocycles. The van der Waals surface area contributed by atoms with E-state index >= 15 is 0 Å². The van der Waals surface area contributed by atoms with Gasteiger partial charge in [-0.25, -0.2) is 0 Å². The van der Waals surface area contributed by atoms with Gasteiger partial charge in [0.1, 0.15) is 6.04 Å². The van der Waals surface area contributed by atoms with Gasteiger partial charge >= 0.3 is 12.1 Å². The fourth-order valence-electron chi connectivity index (χ4n) is 2.15. The molecule has 0 aromatic rings. The van der Waals surface area contributed by atoms with Gasteiger partial charge in [0.15, 0.2) is 0 Å². The number of likely N-dealkylation sites (tertiary alicyclic amines) is 1. The molecule has 1 atom stereocenters. The van der Waals surface area contributed by atoms with Gasteiger partial charge in [-0.05, 0) is 19.3 Å². The molecular formula is C12H19F3N2O2. The minimum atomic E-state index is -4.91. The van der Waals surface area contributed by atoms with Crippen LogP contribution < -0.4 is 5.32 Å². The molecule has 0 spiro atoms. The molecule has 1 heterocycles. The Morgan fingerprint density at radius 3 is 2.58 bits per heavy atom. The maximum atomic E-state index is 12.4. The third-order valence-electron chi connectivity index (χ3n) is 3.14. The molecule has 7 heteroatoms. The maximum Gasteiger partial charge on any atom is 0.471 e. The van der Waals surface area contributed by atoms with E-state index in [4.69, 9.17) is 0 Å². The highest BCUT2D eigenvalue weighted by Gasteiger charge is 2.47. The Hall–Kier alpha value is -1.27. The van der Waals surface area contributed by atoms with Gasteiger partial charge in [0, 0.05) is 13.1 Å². The van der Waals surface area contributed by atoms with Crippen LogP contribution in [0.1, 0.15) is 39.0 Å². The van der Waals surface area contributed by atoms with Crippen LogP contribution in [0, 0.1) is 0 Å². The van der Waals surface area contributed by atoms with Crippen LogP contribution >= 0.6 is 0 Å². The molecule has 0 saturated carbocycles. The second kappa shape index (κ2) is 6.77. The van der Waals surface area contributed by atoms with Crippen molar-refractivity contribution in [1.82, 2.24) is 10.2 Å². The quantitative estimate of drug-likeness (QED) is 0.781. The summed E-state index contributed by atoms with van der Waals surface area (Å²) in [5, 5.41) is 2.60. The summed E-state index contributed by atoms with van der Waals surface area (Å²) < 4.78 is 37.1. The van der Waals surface area contributed by atoms with Crippen molar-refractivity contribution in [3.05, 3.63) is 0 Å². The number of hydrogen-bond donors (Lipinski definition) is 1. The van der Waals surface area contributed by atoms with Gasteiger partial charge < -0.3 is 10.2 Å². The molecule has 2 amide bonds. The Morgan fingerprint density at radius 2 is 2.00 bits per heavy atom. The lowest BCUT2D eigenvalue weighted by Crippen LogP contribution is -2.50. The molecule has 0 bridgehead atoms. The number of hydrogen-bond acceptors (Lipinski definition) is 2. The normalized spacial score (nSPS) is 19.6. The standard InChI is InChI=1S/C12H19F3N2O2/c1-2-3-4-7-16-10(18)9-6-5-8-17(9)11(19)12(13,14)15/h9H,2-8H2,1H3,(H,16,18). The molecule has 19 heavy (non-hydrogen) atoms. The third kappa shape index (κ3) is 4.40. The maximum absolute atomic E-state index is 12.4. The highest BCUT2D eigenvalue weighted by atomic mass is 19.4. The highest BCUT2D eigenvalue weighted by Crippen LogP contribution is 2.25. The van der Waals surface area contributed by atoms with Gasteiger partial charge in [0.2, 0.25) is 5.91 Å². The first-order chi connectivity index (χ1) is 8.88. The molecule has 1 unspecified atom stereocenters. The zero-order valence-corrected chi connectivity index (χ0v) is 10.9. The Labute approximate surface area is 110 Å². The number of carbonyl (C=O) groups excluding carboxylic acids is 2. The first kappa shape index (κ1) is 15.8. The van der Waals surface area contributed by atoms with E-state index in [2.05, 4.69) is 5.32 Å². The molecule has 0 aromatic heterocycles. The zero-order chi connectivity index (χ0) is 14.5. The molecule has 1 aliphatic heterocycles. The second-order valence-electron chi connectivity index (χ2n) is 4.65. The van der Waals surface area contributed by atoms with E-state index in [0.29, 0.717) is 24.3 Å². The van der Waals surface area contributed by atoms with Crippen LogP contribution in [0.15, 0.2) is 0 Å². The lowest BCUT2D eigenvalue weighted by atomic mass is 10.2. The van der Waals surface area contributed by atoms with E-state index in [9.17, 15) is 22.8 Å². The van der Waals surface area contributed by atoms with Crippen molar-refractivity contribution in [3.63, 3.8) is 0 Å². The number of alkyl halides is 3. The summed E-state index contributed by atoms with van der Waals surface area (Å²) in [6.45, 7) is 2.45. The van der Waals surface area contributed by atoms with Gasteiger partial charge in [0.25, 0.3) is 0 Å². The topological polar surface area (TPSA) is 49.4 Å². The van der Waals surface area contributed by atoms with Crippen LogP contribution in [0.25, 0.3) is 0 Å². The van der Waals surface area contributed by atoms with Crippen LogP contribution in [0.4, 0.5) is 13.2 Å². The summed E-state index contributed by atoms with van der Waals surface area (Å²) in [4.78, 5) is 23.6. The molecule has 0 aromatic carbocycles. The summed E-state index contributed by atoms with van der Waals surface area (Å²) >= 11 is 0. The van der Waals surface area contributed by atoms with Crippen molar-refractivity contribution in [2.24, 2.45) is 0 Å². The predicted octanol–water partition coefficient (Wildman–Crippen LogP) is 1.85. The fourth-order valence-corrected chi connectivity index (χ4v) is 2.15. The smallest absolute Gasteiger partial charge is 0.354 e. The summed E-state index contributed by atoms with van der Waals surface area (Å²) in [7, 11) is 0. The van der Waals surface area contributed by atoms with Crippen molar-refractivity contribution in [1.29, 1.82) is 0 Å². The highest BCUT2D eigenvalue weighted by molar-refractivity contribution is 5.90. The average molecular weight is 280 g/mol. The molecule has 1 saturated heterocycles. The lowest BCUT2D eigenvalue weighted by Gasteiger charge is -2.24. The van der Waals surface area contributed by atoms with E-state index in [1.807, 2.05) is 6.92 Å². The van der Waals surface area contributed by atoms with Crippen LogP contribution in [0.5, 0.6) is 0 Å². The van der Waals surface area contributed by atoms with E-state index in [1.165, 1.54) is 0 Å². The SMILES string of the molecule is CCCCCNC(=O)C1CCCN1C(=O)C(F)(F)F. The summed E-state index contributed by atoms with van der Waals surface area (Å²) in [5.41, 5.74) is 0. The van der Waals surface area contributed by atoms with Crippen molar-refractivity contribution < 1.29 is 22.8 Å². The second-order valence-corrected chi connectivity index (χ2v) is 4.65. The van der Waals surface area contributed by atoms with Crippen molar-refractivity contribution >= 4 is 11.8 Å². The van der Waals surface area contributed by atoms with E-state index < -0.39 is 24.0 Å². The molecule has 1 N–H and O–H groups in total. The number of rotatable bonds is 5. The number of carbonyl (C=O) groups is 2. The summed E-state index contributed by atoms with van der Waals surface area (Å²) in [5.74, 6) is -2.40. The molecule has 1 aliphatic rings. The lowest BCUT2D eigenvalue weighted by molar-refractivity contribution is -0.186. The zero-order valence-electron chi connectivity index (χ0n) is 10.9. The van der Waals surface area contributed by atoms with Gasteiger partial charge in [-0.2, -0.15) is 13.2 Å². The molecule has 110 valence electrons. The van der Waals surface area contributed by atoms with E-state index in [-0.39, 0.29) is 6.54 Å². The predicted molar refractivity (Wildman–Crippen MR) is 63.3 cm³/mol. The Balaban J connectivity index is 2.51. The molecule has 0 radical (unpaired) electrons. The summed E-state index contributed by atoms with van der Waals surface area (Å²) in [6.07, 6.45) is -1.45.